The number of ether oxygens (including phenoxy) is 1. The molecule has 0 aromatic heterocycles. The van der Waals surface area contributed by atoms with Gasteiger partial charge < -0.3 is 15.2 Å². The maximum atomic E-state index is 10.4. The van der Waals surface area contributed by atoms with Crippen LogP contribution < -0.4 is 5.32 Å². The van der Waals surface area contributed by atoms with Crippen molar-refractivity contribution in [3.05, 3.63) is 12.3 Å². The van der Waals surface area contributed by atoms with Crippen molar-refractivity contribution >= 4 is 5.97 Å². The van der Waals surface area contributed by atoms with Gasteiger partial charge in [0.15, 0.2) is 0 Å². The molecule has 4 nitrogen and oxygen atoms in total. The Labute approximate surface area is 59.5 Å². The first-order valence-corrected chi connectivity index (χ1v) is 2.90. The minimum Gasteiger partial charge on any atom is -0.466 e. The fraction of sp³-hybridized carbons (Fsp3) is 0.500. The molecule has 0 saturated heterocycles. The minimum absolute atomic E-state index is 0.0471. The molecule has 0 radical (unpaired) electrons. The van der Waals surface area contributed by atoms with Crippen LogP contribution in [0.25, 0.3) is 0 Å². The van der Waals surface area contributed by atoms with E-state index in [2.05, 4.69) is 10.1 Å². The van der Waals surface area contributed by atoms with E-state index in [9.17, 15) is 4.79 Å². The Hall–Kier alpha value is -1.03. The van der Waals surface area contributed by atoms with E-state index in [1.54, 1.807) is 0 Å². The second kappa shape index (κ2) is 6.10. The van der Waals surface area contributed by atoms with E-state index in [-0.39, 0.29) is 6.61 Å². The number of esters is 1. The van der Waals surface area contributed by atoms with Gasteiger partial charge in [0.05, 0.1) is 13.7 Å². The molecule has 0 spiro atoms. The number of aliphatic hydroxyl groups excluding tert-OH is 1. The van der Waals surface area contributed by atoms with Gasteiger partial charge >= 0.3 is 5.97 Å². The Kier molecular flexibility index (Phi) is 5.47. The quantitative estimate of drug-likeness (QED) is 0.310. The molecule has 10 heavy (non-hydrogen) atoms. The molecule has 0 atom stereocenters. The number of hydrogen-bond donors (Lipinski definition) is 2. The van der Waals surface area contributed by atoms with Gasteiger partial charge in [-0.05, 0) is 0 Å². The third-order valence-electron chi connectivity index (χ3n) is 0.795. The number of hydrogen-bond acceptors (Lipinski definition) is 4. The summed E-state index contributed by atoms with van der Waals surface area (Å²) < 4.78 is 4.30. The SMILES string of the molecule is COC(=O)C=CNCCO. The lowest BCUT2D eigenvalue weighted by Crippen LogP contribution is -2.11. The lowest BCUT2D eigenvalue weighted by molar-refractivity contribution is -0.134. The predicted molar refractivity (Wildman–Crippen MR) is 36.2 cm³/mol. The molecule has 0 aromatic carbocycles. The molecule has 0 unspecified atom stereocenters. The zero-order chi connectivity index (χ0) is 7.82. The number of nitrogens with one attached hydrogen (secondary N) is 1. The van der Waals surface area contributed by atoms with Crippen LogP contribution in [0.2, 0.25) is 0 Å². The average Bonchev–Trinajstić information content (AvgIpc) is 1.98. The zero-order valence-corrected chi connectivity index (χ0v) is 5.83. The van der Waals surface area contributed by atoms with E-state index in [1.165, 1.54) is 19.4 Å². The van der Waals surface area contributed by atoms with Crippen molar-refractivity contribution in [1.82, 2.24) is 5.32 Å². The lowest BCUT2D eigenvalue weighted by Gasteiger charge is -1.93. The number of carbonyl (C=O) groups excluding carboxylic acids is 1. The van der Waals surface area contributed by atoms with Gasteiger partial charge in [0.2, 0.25) is 0 Å². The van der Waals surface area contributed by atoms with E-state index < -0.39 is 5.97 Å². The van der Waals surface area contributed by atoms with Gasteiger partial charge in [-0.2, -0.15) is 0 Å². The van der Waals surface area contributed by atoms with Crippen LogP contribution in [0, 0.1) is 0 Å². The number of methoxy groups -OCH3 is 1. The van der Waals surface area contributed by atoms with Crippen LogP contribution in [0.5, 0.6) is 0 Å². The third kappa shape index (κ3) is 5.11. The van der Waals surface area contributed by atoms with Crippen LogP contribution in [0.1, 0.15) is 0 Å². The van der Waals surface area contributed by atoms with Crippen molar-refractivity contribution in [2.24, 2.45) is 0 Å². The van der Waals surface area contributed by atoms with Gasteiger partial charge in [0.25, 0.3) is 0 Å². The van der Waals surface area contributed by atoms with Crippen molar-refractivity contribution in [2.75, 3.05) is 20.3 Å². The Bertz CT molecular complexity index is 122. The molecule has 0 aromatic rings. The predicted octanol–water partition coefficient (Wildman–Crippen LogP) is -0.745. The van der Waals surface area contributed by atoms with Crippen molar-refractivity contribution in [3.8, 4) is 0 Å². The van der Waals surface area contributed by atoms with Gasteiger partial charge in [-0.3, -0.25) is 0 Å². The molecule has 0 aliphatic carbocycles. The highest BCUT2D eigenvalue weighted by molar-refractivity contribution is 5.81. The number of carbonyl (C=O) groups is 1. The Morgan fingerprint density at radius 3 is 3.00 bits per heavy atom. The molecule has 0 amide bonds. The zero-order valence-electron chi connectivity index (χ0n) is 5.83. The number of rotatable bonds is 4. The maximum Gasteiger partial charge on any atom is 0.331 e. The normalized spacial score (nSPS) is 9.80. The summed E-state index contributed by atoms with van der Waals surface area (Å²) in [5.74, 6) is -0.412. The molecule has 0 fully saturated rings. The van der Waals surface area contributed by atoms with Gasteiger partial charge in [-0.1, -0.05) is 0 Å². The highest BCUT2D eigenvalue weighted by Gasteiger charge is 1.87. The molecule has 4 heteroatoms. The van der Waals surface area contributed by atoms with Gasteiger partial charge in [0, 0.05) is 18.8 Å². The van der Waals surface area contributed by atoms with Crippen LogP contribution in [-0.2, 0) is 9.53 Å². The highest BCUT2D eigenvalue weighted by atomic mass is 16.5. The fourth-order valence-corrected chi connectivity index (χ4v) is 0.343. The summed E-state index contributed by atoms with van der Waals surface area (Å²) in [5, 5.41) is 10.9. The van der Waals surface area contributed by atoms with E-state index in [4.69, 9.17) is 5.11 Å². The van der Waals surface area contributed by atoms with Crippen LogP contribution in [-0.4, -0.2) is 31.3 Å². The van der Waals surface area contributed by atoms with Crippen LogP contribution in [0.15, 0.2) is 12.3 Å². The van der Waals surface area contributed by atoms with Gasteiger partial charge in [-0.25, -0.2) is 4.79 Å². The van der Waals surface area contributed by atoms with E-state index in [1.807, 2.05) is 0 Å². The largest absolute Gasteiger partial charge is 0.466 e. The fourth-order valence-electron chi connectivity index (χ4n) is 0.343. The first-order chi connectivity index (χ1) is 4.81. The molecular formula is C6H11NO3. The van der Waals surface area contributed by atoms with Crippen LogP contribution in [0.4, 0.5) is 0 Å². The smallest absolute Gasteiger partial charge is 0.331 e. The summed E-state index contributed by atoms with van der Waals surface area (Å²) in [6, 6.07) is 0. The number of aliphatic hydroxyl groups is 1. The van der Waals surface area contributed by atoms with Crippen molar-refractivity contribution in [3.63, 3.8) is 0 Å². The van der Waals surface area contributed by atoms with E-state index >= 15 is 0 Å². The Balaban J connectivity index is 3.27. The monoisotopic (exact) mass is 145 g/mol. The standard InChI is InChI=1S/C6H11NO3/c1-10-6(9)2-3-7-4-5-8/h2-3,7-8H,4-5H2,1H3. The second-order valence-corrected chi connectivity index (χ2v) is 1.53. The molecule has 0 bridgehead atoms. The van der Waals surface area contributed by atoms with Crippen molar-refractivity contribution in [1.29, 1.82) is 0 Å². The third-order valence-corrected chi connectivity index (χ3v) is 0.795. The van der Waals surface area contributed by atoms with E-state index in [0.717, 1.165) is 0 Å². The lowest BCUT2D eigenvalue weighted by atomic mass is 10.6. The Morgan fingerprint density at radius 1 is 1.80 bits per heavy atom. The minimum atomic E-state index is -0.412. The summed E-state index contributed by atoms with van der Waals surface area (Å²) in [7, 11) is 1.30. The molecule has 58 valence electrons. The first kappa shape index (κ1) is 8.97. The van der Waals surface area contributed by atoms with Crippen LogP contribution >= 0.6 is 0 Å². The molecule has 0 rings (SSSR count). The summed E-state index contributed by atoms with van der Waals surface area (Å²) in [6.07, 6.45) is 2.68. The molecule has 0 saturated carbocycles. The van der Waals surface area contributed by atoms with Crippen LogP contribution in [0.3, 0.4) is 0 Å². The maximum absolute atomic E-state index is 10.4. The van der Waals surface area contributed by atoms with Crippen molar-refractivity contribution in [2.45, 2.75) is 0 Å². The van der Waals surface area contributed by atoms with Crippen molar-refractivity contribution < 1.29 is 14.6 Å². The summed E-state index contributed by atoms with van der Waals surface area (Å²) in [4.78, 5) is 10.4. The highest BCUT2D eigenvalue weighted by Crippen LogP contribution is 1.73. The Morgan fingerprint density at radius 2 is 2.50 bits per heavy atom. The van der Waals surface area contributed by atoms with Gasteiger partial charge in [0.1, 0.15) is 0 Å². The molecule has 0 aliphatic heterocycles. The second-order valence-electron chi connectivity index (χ2n) is 1.53. The van der Waals surface area contributed by atoms with Gasteiger partial charge in [-0.15, -0.1) is 0 Å². The molecule has 2 N–H and O–H groups in total. The van der Waals surface area contributed by atoms with E-state index in [0.29, 0.717) is 6.54 Å². The molecular weight excluding hydrogens is 134 g/mol. The topological polar surface area (TPSA) is 58.6 Å². The molecule has 0 heterocycles. The molecule has 0 aliphatic rings. The first-order valence-electron chi connectivity index (χ1n) is 2.90. The summed E-state index contributed by atoms with van der Waals surface area (Å²) >= 11 is 0. The summed E-state index contributed by atoms with van der Waals surface area (Å²) in [5.41, 5.74) is 0. The average molecular weight is 145 g/mol. The summed E-state index contributed by atoms with van der Waals surface area (Å²) in [6.45, 7) is 0.485.